The van der Waals surface area contributed by atoms with Crippen LogP contribution in [-0.4, -0.2) is 32.2 Å². The second-order valence-electron chi connectivity index (χ2n) is 9.23. The first kappa shape index (κ1) is 30.0. The van der Waals surface area contributed by atoms with Crippen molar-refractivity contribution in [3.8, 4) is 0 Å². The molecule has 2 amide bonds. The number of carbonyl (C=O) groups is 2. The van der Waals surface area contributed by atoms with E-state index in [0.29, 0.717) is 35.8 Å². The Balaban J connectivity index is 1.71. The average Bonchev–Trinajstić information content (AvgIpc) is 2.82. The minimum Gasteiger partial charge on any atom is -0.378 e. The van der Waals surface area contributed by atoms with Gasteiger partial charge in [0, 0.05) is 0 Å². The third kappa shape index (κ3) is 13.0. The van der Waals surface area contributed by atoms with E-state index >= 15 is 0 Å². The lowest BCUT2D eigenvalue weighted by atomic mass is 9.83. The van der Waals surface area contributed by atoms with Crippen LogP contribution in [0.2, 0.25) is 0 Å². The molecule has 0 saturated heterocycles. The van der Waals surface area contributed by atoms with E-state index in [1.807, 2.05) is 60.7 Å². The highest BCUT2D eigenvalue weighted by Crippen LogP contribution is 2.30. The van der Waals surface area contributed by atoms with Crippen LogP contribution in [0.1, 0.15) is 50.7 Å². The Bertz CT molecular complexity index is 1060. The zero-order chi connectivity index (χ0) is 27.3. The van der Waals surface area contributed by atoms with Crippen LogP contribution in [0.15, 0.2) is 70.6 Å². The molecule has 6 N–H and O–H groups in total. The lowest BCUT2D eigenvalue weighted by Crippen LogP contribution is -2.18. The molecule has 196 valence electrons. The van der Waals surface area contributed by atoms with Crippen LogP contribution >= 0.6 is 23.5 Å². The van der Waals surface area contributed by atoms with Crippen molar-refractivity contribution in [2.24, 2.45) is 26.9 Å². The maximum Gasteiger partial charge on any atom is 0.252 e. The number of amidine groups is 2. The number of thioether (sulfide) groups is 2. The van der Waals surface area contributed by atoms with Crippen molar-refractivity contribution in [1.82, 2.24) is 0 Å². The fraction of sp³-hybridized carbons (Fsp3) is 0.333. The summed E-state index contributed by atoms with van der Waals surface area (Å²) < 4.78 is 0. The van der Waals surface area contributed by atoms with Crippen LogP contribution in [-0.2, 0) is 22.4 Å². The van der Waals surface area contributed by atoms with E-state index in [2.05, 4.69) is 23.8 Å². The van der Waals surface area contributed by atoms with Gasteiger partial charge in [-0.25, -0.2) is 0 Å². The van der Waals surface area contributed by atoms with Gasteiger partial charge in [-0.1, -0.05) is 74.5 Å². The Morgan fingerprint density at radius 3 is 1.43 bits per heavy atom. The number of amides is 2. The predicted octanol–water partition coefficient (Wildman–Crippen LogP) is 5.16. The van der Waals surface area contributed by atoms with Gasteiger partial charge in [0.15, 0.2) is 10.3 Å². The molecule has 0 aliphatic carbocycles. The molecule has 10 heteroatoms. The van der Waals surface area contributed by atoms with Gasteiger partial charge < -0.3 is 11.5 Å². The summed E-state index contributed by atoms with van der Waals surface area (Å²) in [5.74, 6) is -0.685. The van der Waals surface area contributed by atoms with Crippen LogP contribution in [0, 0.1) is 16.2 Å². The fourth-order valence-electron chi connectivity index (χ4n) is 3.29. The van der Waals surface area contributed by atoms with Gasteiger partial charge in [-0.05, 0) is 65.7 Å². The van der Waals surface area contributed by atoms with Gasteiger partial charge in [0.1, 0.15) is 0 Å². The molecule has 0 fully saturated rings. The van der Waals surface area contributed by atoms with Crippen molar-refractivity contribution >= 4 is 55.8 Å². The maximum atomic E-state index is 12.1. The largest absolute Gasteiger partial charge is 0.378 e. The summed E-state index contributed by atoms with van der Waals surface area (Å²) in [6.07, 6.45) is 2.73. The van der Waals surface area contributed by atoms with E-state index in [4.69, 9.17) is 22.3 Å². The third-order valence-electron chi connectivity index (χ3n) is 5.38. The van der Waals surface area contributed by atoms with Gasteiger partial charge in [0.05, 0.1) is 22.9 Å². The van der Waals surface area contributed by atoms with E-state index in [-0.39, 0.29) is 40.4 Å². The summed E-state index contributed by atoms with van der Waals surface area (Å²) >= 11 is 2.00. The SMILES string of the molecule is CC(C)(CCC(=N)SC(N)=NC(=O)Cc1ccccc1)CCC(=N)SC(N)=NC(=O)Cc1ccccc1. The topological polar surface area (TPSA) is 159 Å². The number of aliphatic imine (C=N–C) groups is 2. The van der Waals surface area contributed by atoms with Gasteiger partial charge in [0.25, 0.3) is 11.8 Å². The summed E-state index contributed by atoms with van der Waals surface area (Å²) in [6.45, 7) is 4.15. The molecule has 2 aromatic carbocycles. The first-order valence-electron chi connectivity index (χ1n) is 11.8. The molecule has 0 aliphatic rings. The lowest BCUT2D eigenvalue weighted by molar-refractivity contribution is -0.118. The zero-order valence-corrected chi connectivity index (χ0v) is 22.8. The van der Waals surface area contributed by atoms with E-state index in [1.165, 1.54) is 0 Å². The highest BCUT2D eigenvalue weighted by molar-refractivity contribution is 8.26. The van der Waals surface area contributed by atoms with Crippen molar-refractivity contribution in [2.45, 2.75) is 52.4 Å². The second kappa shape index (κ2) is 15.1. The summed E-state index contributed by atoms with van der Waals surface area (Å²) in [5.41, 5.74) is 13.3. The molecular weight excluding hydrogens is 504 g/mol. The van der Waals surface area contributed by atoms with Crippen LogP contribution in [0.4, 0.5) is 0 Å². The average molecular weight is 539 g/mol. The molecule has 2 rings (SSSR count). The Morgan fingerprint density at radius 1 is 0.730 bits per heavy atom. The Hall–Kier alpha value is -3.24. The molecule has 0 saturated carbocycles. The number of carbonyl (C=O) groups excluding carboxylic acids is 2. The number of nitrogens with one attached hydrogen (secondary N) is 2. The number of hydrogen-bond acceptors (Lipinski definition) is 6. The zero-order valence-electron chi connectivity index (χ0n) is 21.2. The normalized spacial score (nSPS) is 12.3. The number of nitrogens with two attached hydrogens (primary N) is 2. The van der Waals surface area contributed by atoms with Gasteiger partial charge in [0.2, 0.25) is 0 Å². The summed E-state index contributed by atoms with van der Waals surface area (Å²) in [4.78, 5) is 31.9. The monoisotopic (exact) mass is 538 g/mol. The van der Waals surface area contributed by atoms with Crippen molar-refractivity contribution < 1.29 is 9.59 Å². The van der Waals surface area contributed by atoms with Crippen molar-refractivity contribution in [3.63, 3.8) is 0 Å². The molecular formula is C27H34N6O2S2. The molecule has 2 aromatic rings. The number of hydrogen-bond donors (Lipinski definition) is 4. The number of rotatable bonds is 10. The van der Waals surface area contributed by atoms with Gasteiger partial charge >= 0.3 is 0 Å². The third-order valence-corrected chi connectivity index (χ3v) is 6.88. The van der Waals surface area contributed by atoms with Gasteiger partial charge in [-0.2, -0.15) is 9.98 Å². The van der Waals surface area contributed by atoms with Gasteiger partial charge in [-0.3, -0.25) is 20.4 Å². The van der Waals surface area contributed by atoms with Crippen molar-refractivity contribution in [1.29, 1.82) is 10.8 Å². The van der Waals surface area contributed by atoms with Gasteiger partial charge in [-0.15, -0.1) is 0 Å². The highest BCUT2D eigenvalue weighted by atomic mass is 32.2. The number of benzene rings is 2. The second-order valence-corrected chi connectivity index (χ2v) is 11.5. The summed E-state index contributed by atoms with van der Waals surface area (Å²) in [7, 11) is 0. The molecule has 0 aliphatic heterocycles. The Kier molecular flexibility index (Phi) is 12.2. The highest BCUT2D eigenvalue weighted by Gasteiger charge is 2.20. The van der Waals surface area contributed by atoms with E-state index in [9.17, 15) is 9.59 Å². The molecule has 0 unspecified atom stereocenters. The van der Waals surface area contributed by atoms with Crippen LogP contribution in [0.3, 0.4) is 0 Å². The Morgan fingerprint density at radius 2 is 1.08 bits per heavy atom. The minimum absolute atomic E-state index is 0.0680. The standard InChI is InChI=1S/C27H34N6O2S2/c1-27(2,15-13-21(28)36-25(30)32-23(34)17-19-9-5-3-6-10-19)16-14-22(29)37-26(31)33-24(35)18-20-11-7-4-8-12-20/h3-12,28-29H,13-18H2,1-2H3,(H2,30,32,34)(H2,31,33,35). The van der Waals surface area contributed by atoms with Crippen molar-refractivity contribution in [3.05, 3.63) is 71.8 Å². The first-order valence-corrected chi connectivity index (χ1v) is 13.5. The van der Waals surface area contributed by atoms with E-state index in [0.717, 1.165) is 34.7 Å². The van der Waals surface area contributed by atoms with Crippen LogP contribution in [0.5, 0.6) is 0 Å². The molecule has 8 nitrogen and oxygen atoms in total. The van der Waals surface area contributed by atoms with Crippen molar-refractivity contribution in [2.75, 3.05) is 0 Å². The minimum atomic E-state index is -0.343. The molecule has 37 heavy (non-hydrogen) atoms. The fourth-order valence-corrected chi connectivity index (χ4v) is 4.50. The quantitative estimate of drug-likeness (QED) is 0.241. The molecule has 0 bridgehead atoms. The number of nitrogens with zero attached hydrogens (tertiary/aromatic N) is 2. The Labute approximate surface area is 226 Å². The molecule has 0 atom stereocenters. The molecule has 0 heterocycles. The summed E-state index contributed by atoms with van der Waals surface area (Å²) in [6, 6.07) is 18.6. The van der Waals surface area contributed by atoms with Crippen LogP contribution in [0.25, 0.3) is 0 Å². The first-order chi connectivity index (χ1) is 17.5. The smallest absolute Gasteiger partial charge is 0.252 e. The summed E-state index contributed by atoms with van der Waals surface area (Å²) in [5, 5.41) is 17.2. The molecule has 0 aromatic heterocycles. The molecule has 0 radical (unpaired) electrons. The lowest BCUT2D eigenvalue weighted by Gasteiger charge is -2.24. The van der Waals surface area contributed by atoms with E-state index < -0.39 is 0 Å². The van der Waals surface area contributed by atoms with Crippen LogP contribution < -0.4 is 11.5 Å². The maximum absolute atomic E-state index is 12.1. The molecule has 0 spiro atoms. The van der Waals surface area contributed by atoms with E-state index in [1.54, 1.807) is 0 Å². The predicted molar refractivity (Wildman–Crippen MR) is 156 cm³/mol.